The maximum atomic E-state index is 13.3. The van der Waals surface area contributed by atoms with Crippen molar-refractivity contribution in [1.29, 1.82) is 0 Å². The van der Waals surface area contributed by atoms with E-state index in [1.54, 1.807) is 20.8 Å². The molecule has 1 rings (SSSR count). The molecular weight excluding hydrogens is 215 g/mol. The summed E-state index contributed by atoms with van der Waals surface area (Å²) < 4.78 is 18.4. The van der Waals surface area contributed by atoms with Crippen molar-refractivity contribution in [3.8, 4) is 0 Å². The molecule has 0 aliphatic carbocycles. The molecule has 1 aliphatic heterocycles. The summed E-state index contributed by atoms with van der Waals surface area (Å²) in [4.78, 5) is 15.3. The minimum atomic E-state index is -1.32. The highest BCUT2D eigenvalue weighted by atomic mass is 19.1. The molecule has 0 unspecified atom stereocenters. The van der Waals surface area contributed by atoms with E-state index in [-0.39, 0.29) is 13.1 Å². The third-order valence-corrected chi connectivity index (χ3v) is 2.07. The molecule has 0 aromatic rings. The average molecular weight is 230 g/mol. The molecule has 0 saturated carbocycles. The van der Waals surface area contributed by atoms with E-state index < -0.39 is 23.9 Å². The van der Waals surface area contributed by atoms with Gasteiger partial charge in [0.15, 0.2) is 0 Å². The molecule has 1 fully saturated rings. The molecule has 0 bridgehead atoms. The predicted molar refractivity (Wildman–Crippen MR) is 55.6 cm³/mol. The largest absolute Gasteiger partial charge is 0.444 e. The summed E-state index contributed by atoms with van der Waals surface area (Å²) in [7, 11) is 0. The molecule has 0 radical (unpaired) electrons. The number of carbonyl (C=O) groups is 1. The lowest BCUT2D eigenvalue weighted by atomic mass is 10.2. The molecule has 90 valence electrons. The lowest BCUT2D eigenvalue weighted by Crippen LogP contribution is -2.35. The van der Waals surface area contributed by atoms with Crippen LogP contribution in [0.2, 0.25) is 0 Å². The molecule has 16 heavy (non-hydrogen) atoms. The highest BCUT2D eigenvalue weighted by molar-refractivity contribution is 5.68. The van der Waals surface area contributed by atoms with Crippen LogP contribution in [0.5, 0.6) is 0 Å². The van der Waals surface area contributed by atoms with E-state index in [9.17, 15) is 9.18 Å². The van der Waals surface area contributed by atoms with Crippen molar-refractivity contribution in [3.63, 3.8) is 0 Å². The minimum absolute atomic E-state index is 0.0696. The maximum Gasteiger partial charge on any atom is 0.410 e. The highest BCUT2D eigenvalue weighted by Crippen LogP contribution is 2.19. The van der Waals surface area contributed by atoms with E-state index in [1.807, 2.05) is 0 Å². The van der Waals surface area contributed by atoms with Crippen LogP contribution in [0.15, 0.2) is 5.11 Å². The Labute approximate surface area is 93.0 Å². The zero-order valence-corrected chi connectivity index (χ0v) is 9.55. The van der Waals surface area contributed by atoms with Gasteiger partial charge in [0.05, 0.1) is 12.6 Å². The summed E-state index contributed by atoms with van der Waals surface area (Å²) in [6.45, 7) is 5.19. The third-order valence-electron chi connectivity index (χ3n) is 2.07. The van der Waals surface area contributed by atoms with Crippen molar-refractivity contribution in [2.75, 3.05) is 13.1 Å². The second-order valence-electron chi connectivity index (χ2n) is 4.67. The SMILES string of the molecule is CC(C)(C)OC(=O)N1C[C@H](F)[C@H](N=[N+]=[N-])C1. The first-order valence-corrected chi connectivity index (χ1v) is 4.99. The lowest BCUT2D eigenvalue weighted by Gasteiger charge is -2.24. The number of rotatable bonds is 1. The molecule has 7 heteroatoms. The number of carbonyl (C=O) groups excluding carboxylic acids is 1. The number of likely N-dealkylation sites (tertiary alicyclic amines) is 1. The summed E-state index contributed by atoms with van der Waals surface area (Å²) in [5, 5.41) is 3.29. The van der Waals surface area contributed by atoms with Crippen LogP contribution in [0.3, 0.4) is 0 Å². The Hall–Kier alpha value is -1.49. The van der Waals surface area contributed by atoms with E-state index in [1.165, 1.54) is 4.90 Å². The minimum Gasteiger partial charge on any atom is -0.444 e. The molecule has 0 N–H and O–H groups in total. The summed E-state index contributed by atoms with van der Waals surface area (Å²) in [5.74, 6) is 0. The van der Waals surface area contributed by atoms with Crippen LogP contribution in [0.1, 0.15) is 20.8 Å². The van der Waals surface area contributed by atoms with Crippen LogP contribution in [-0.4, -0.2) is 41.9 Å². The monoisotopic (exact) mass is 230 g/mol. The molecule has 2 atom stereocenters. The number of amides is 1. The first-order chi connectivity index (χ1) is 7.33. The number of azide groups is 1. The van der Waals surface area contributed by atoms with Crippen molar-refractivity contribution in [1.82, 2.24) is 4.90 Å². The molecule has 0 aromatic carbocycles. The van der Waals surface area contributed by atoms with Gasteiger partial charge in [0.1, 0.15) is 11.8 Å². The van der Waals surface area contributed by atoms with Gasteiger partial charge in [0, 0.05) is 11.5 Å². The molecule has 0 spiro atoms. The zero-order valence-electron chi connectivity index (χ0n) is 9.55. The molecular formula is C9H15FN4O2. The van der Waals surface area contributed by atoms with Crippen LogP contribution in [0.4, 0.5) is 9.18 Å². The summed E-state index contributed by atoms with van der Waals surface area (Å²) in [5.41, 5.74) is 7.60. The van der Waals surface area contributed by atoms with E-state index in [4.69, 9.17) is 10.3 Å². The van der Waals surface area contributed by atoms with Gasteiger partial charge >= 0.3 is 6.09 Å². The van der Waals surface area contributed by atoms with Crippen molar-refractivity contribution < 1.29 is 13.9 Å². The first kappa shape index (κ1) is 12.6. The van der Waals surface area contributed by atoms with Crippen LogP contribution in [0, 0.1) is 0 Å². The Bertz CT molecular complexity index is 322. The molecule has 1 amide bonds. The van der Waals surface area contributed by atoms with Gasteiger partial charge in [-0.1, -0.05) is 5.11 Å². The van der Waals surface area contributed by atoms with Crippen molar-refractivity contribution in [2.24, 2.45) is 5.11 Å². The van der Waals surface area contributed by atoms with Gasteiger partial charge in [-0.15, -0.1) is 0 Å². The van der Waals surface area contributed by atoms with Crippen LogP contribution >= 0.6 is 0 Å². The maximum absolute atomic E-state index is 13.3. The fourth-order valence-corrected chi connectivity index (χ4v) is 1.40. The summed E-state index contributed by atoms with van der Waals surface area (Å²) in [6.07, 6.45) is -1.89. The lowest BCUT2D eigenvalue weighted by molar-refractivity contribution is 0.0283. The number of ether oxygens (including phenoxy) is 1. The Morgan fingerprint density at radius 3 is 2.69 bits per heavy atom. The Morgan fingerprint density at radius 1 is 1.56 bits per heavy atom. The second kappa shape index (κ2) is 4.57. The van der Waals surface area contributed by atoms with E-state index in [0.29, 0.717) is 0 Å². The Kier molecular flexibility index (Phi) is 3.59. The van der Waals surface area contributed by atoms with E-state index in [2.05, 4.69) is 10.0 Å². The van der Waals surface area contributed by atoms with Crippen LogP contribution in [-0.2, 0) is 4.74 Å². The first-order valence-electron chi connectivity index (χ1n) is 4.99. The molecule has 1 saturated heterocycles. The molecule has 1 aliphatic rings. The number of hydrogen-bond acceptors (Lipinski definition) is 3. The number of hydrogen-bond donors (Lipinski definition) is 0. The topological polar surface area (TPSA) is 78.3 Å². The van der Waals surface area contributed by atoms with Crippen molar-refractivity contribution in [3.05, 3.63) is 10.4 Å². The predicted octanol–water partition coefficient (Wildman–Crippen LogP) is 2.25. The third kappa shape index (κ3) is 3.27. The number of alkyl halides is 1. The van der Waals surface area contributed by atoms with E-state index in [0.717, 1.165) is 0 Å². The summed E-state index contributed by atoms with van der Waals surface area (Å²) in [6, 6.07) is -0.808. The fraction of sp³-hybridized carbons (Fsp3) is 0.889. The fourth-order valence-electron chi connectivity index (χ4n) is 1.40. The highest BCUT2D eigenvalue weighted by Gasteiger charge is 2.36. The van der Waals surface area contributed by atoms with E-state index >= 15 is 0 Å². The summed E-state index contributed by atoms with van der Waals surface area (Å²) >= 11 is 0. The molecule has 0 aromatic heterocycles. The zero-order chi connectivity index (χ0) is 12.3. The molecule has 1 heterocycles. The molecule has 6 nitrogen and oxygen atoms in total. The average Bonchev–Trinajstić information content (AvgIpc) is 2.46. The van der Waals surface area contributed by atoms with Gasteiger partial charge < -0.3 is 9.64 Å². The number of nitrogens with zero attached hydrogens (tertiary/aromatic N) is 4. The van der Waals surface area contributed by atoms with Gasteiger partial charge in [0.25, 0.3) is 0 Å². The van der Waals surface area contributed by atoms with Crippen molar-refractivity contribution >= 4 is 6.09 Å². The van der Waals surface area contributed by atoms with Crippen LogP contribution in [0.25, 0.3) is 10.4 Å². The van der Waals surface area contributed by atoms with Gasteiger partial charge in [0.2, 0.25) is 0 Å². The number of halogens is 1. The van der Waals surface area contributed by atoms with Gasteiger partial charge in [-0.25, -0.2) is 9.18 Å². The second-order valence-corrected chi connectivity index (χ2v) is 4.67. The van der Waals surface area contributed by atoms with Gasteiger partial charge in [-0.2, -0.15) is 0 Å². The normalized spacial score (nSPS) is 25.1. The van der Waals surface area contributed by atoms with Gasteiger partial charge in [-0.3, -0.25) is 0 Å². The smallest absolute Gasteiger partial charge is 0.410 e. The van der Waals surface area contributed by atoms with Crippen molar-refractivity contribution in [2.45, 2.75) is 38.6 Å². The standard InChI is InChI=1S/C9H15FN4O2/c1-9(2,3)16-8(15)14-4-6(10)7(5-14)12-13-11/h6-7H,4-5H2,1-3H3/t6-,7+/m0/s1. The van der Waals surface area contributed by atoms with Crippen LogP contribution < -0.4 is 0 Å². The Balaban J connectivity index is 2.58. The quantitative estimate of drug-likeness (QED) is 0.393. The van der Waals surface area contributed by atoms with Gasteiger partial charge in [-0.05, 0) is 26.3 Å². The Morgan fingerprint density at radius 2 is 2.19 bits per heavy atom.